The van der Waals surface area contributed by atoms with Crippen LogP contribution in [0.1, 0.15) is 35.2 Å². The zero-order valence-electron chi connectivity index (χ0n) is 21.7. The second-order valence-corrected chi connectivity index (χ2v) is 10.7. The minimum Gasteiger partial charge on any atom is -0.508 e. The summed E-state index contributed by atoms with van der Waals surface area (Å²) in [6.45, 7) is -1.21. The zero-order valence-corrected chi connectivity index (χ0v) is 21.7. The summed E-state index contributed by atoms with van der Waals surface area (Å²) < 4.78 is 23.0. The first-order chi connectivity index (χ1) is 19.4. The molecule has 0 bridgehead atoms. The first kappa shape index (κ1) is 29.0. The minimum atomic E-state index is -1.96. The van der Waals surface area contributed by atoms with Crippen LogP contribution in [0.3, 0.4) is 0 Å². The van der Waals surface area contributed by atoms with Gasteiger partial charge in [0, 0.05) is 30.0 Å². The minimum absolute atomic E-state index is 0.0234. The highest BCUT2D eigenvalue weighted by Crippen LogP contribution is 2.44. The van der Waals surface area contributed by atoms with E-state index in [4.69, 9.17) is 18.9 Å². The van der Waals surface area contributed by atoms with Gasteiger partial charge in [0.05, 0.1) is 31.0 Å². The summed E-state index contributed by atoms with van der Waals surface area (Å²) in [7, 11) is 0. The van der Waals surface area contributed by atoms with E-state index < -0.39 is 84.8 Å². The van der Waals surface area contributed by atoms with Gasteiger partial charge in [0.15, 0.2) is 17.2 Å². The van der Waals surface area contributed by atoms with E-state index >= 15 is 0 Å². The third-order valence-corrected chi connectivity index (χ3v) is 7.86. The Morgan fingerprint density at radius 2 is 1.71 bits per heavy atom. The summed E-state index contributed by atoms with van der Waals surface area (Å²) in [5, 5.41) is 90.2. The van der Waals surface area contributed by atoms with E-state index in [0.717, 1.165) is 12.1 Å². The van der Waals surface area contributed by atoms with Crippen molar-refractivity contribution in [3.05, 3.63) is 35.4 Å². The maximum Gasteiger partial charge on any atom is 0.338 e. The van der Waals surface area contributed by atoms with Gasteiger partial charge in [0.2, 0.25) is 6.29 Å². The molecule has 8 atom stereocenters. The Labute approximate surface area is 233 Å². The first-order valence-electron chi connectivity index (χ1n) is 13.0. The summed E-state index contributed by atoms with van der Waals surface area (Å²) in [6, 6.07) is 4.36. The standard InChI is InChI=1S/C27H32O14/c28-9-27(37)10-38-26(24(27)35)41-20-7-13(29)6-19-14(20)8-21(23(39-19)11-1-2-15(30)16(31)3-11)40-25(36)12-4-17(32)22(34)18(33)5-12/h4-7,11,15-16,21,23-24,26,28-35,37H,1-3,8-10H2/t11?,15?,16?,21-,23-,24?,26?,27?/m1/s1. The number of fused-ring (bicyclic) bond motifs is 1. The van der Waals surface area contributed by atoms with Crippen molar-refractivity contribution in [2.45, 2.75) is 68.1 Å². The molecule has 2 aliphatic heterocycles. The Hall–Kier alpha value is -3.53. The summed E-state index contributed by atoms with van der Waals surface area (Å²) in [6.07, 6.45) is -6.20. The summed E-state index contributed by atoms with van der Waals surface area (Å²) in [5.74, 6) is -3.81. The van der Waals surface area contributed by atoms with E-state index in [1.807, 2.05) is 0 Å². The number of aliphatic hydroxyl groups excluding tert-OH is 4. The van der Waals surface area contributed by atoms with Crippen molar-refractivity contribution in [2.75, 3.05) is 13.2 Å². The van der Waals surface area contributed by atoms with Crippen molar-refractivity contribution in [3.8, 4) is 34.5 Å². The second-order valence-electron chi connectivity index (χ2n) is 10.7. The van der Waals surface area contributed by atoms with Gasteiger partial charge < -0.3 is 64.9 Å². The van der Waals surface area contributed by atoms with Gasteiger partial charge >= 0.3 is 5.97 Å². The Morgan fingerprint density at radius 1 is 1.00 bits per heavy atom. The lowest BCUT2D eigenvalue weighted by atomic mass is 9.78. The molecule has 0 amide bonds. The Kier molecular flexibility index (Phi) is 7.80. The van der Waals surface area contributed by atoms with Gasteiger partial charge in [0.1, 0.15) is 41.2 Å². The average Bonchev–Trinajstić information content (AvgIpc) is 3.22. The van der Waals surface area contributed by atoms with Gasteiger partial charge in [-0.1, -0.05) is 0 Å². The fourth-order valence-corrected chi connectivity index (χ4v) is 5.47. The molecule has 0 spiro atoms. The Bertz CT molecular complexity index is 1280. The molecule has 9 N–H and O–H groups in total. The molecule has 2 heterocycles. The van der Waals surface area contributed by atoms with Crippen molar-refractivity contribution >= 4 is 5.97 Å². The fraction of sp³-hybridized carbons (Fsp3) is 0.519. The maximum atomic E-state index is 13.1. The topological polar surface area (TPSA) is 236 Å². The fourth-order valence-electron chi connectivity index (χ4n) is 5.47. The van der Waals surface area contributed by atoms with Crippen LogP contribution in [-0.4, -0.2) is 108 Å². The van der Waals surface area contributed by atoms with Gasteiger partial charge in [-0.25, -0.2) is 4.79 Å². The van der Waals surface area contributed by atoms with Gasteiger partial charge in [-0.2, -0.15) is 0 Å². The third kappa shape index (κ3) is 5.54. The number of carbonyl (C=O) groups excluding carboxylic acids is 1. The van der Waals surface area contributed by atoms with Crippen LogP contribution in [0.5, 0.6) is 34.5 Å². The molecule has 14 nitrogen and oxygen atoms in total. The number of esters is 1. The van der Waals surface area contributed by atoms with Gasteiger partial charge in [-0.15, -0.1) is 0 Å². The van der Waals surface area contributed by atoms with Crippen LogP contribution in [0.4, 0.5) is 0 Å². The van der Waals surface area contributed by atoms with Crippen LogP contribution in [0, 0.1) is 5.92 Å². The van der Waals surface area contributed by atoms with E-state index in [-0.39, 0.29) is 42.1 Å². The van der Waals surface area contributed by atoms with Gasteiger partial charge in [0.25, 0.3) is 0 Å². The monoisotopic (exact) mass is 580 g/mol. The van der Waals surface area contributed by atoms with Gasteiger partial charge in [-0.05, 0) is 31.4 Å². The number of carbonyl (C=O) groups is 1. The maximum absolute atomic E-state index is 13.1. The largest absolute Gasteiger partial charge is 0.508 e. The average molecular weight is 581 g/mol. The molecule has 2 fully saturated rings. The number of aromatic hydroxyl groups is 4. The van der Waals surface area contributed by atoms with Crippen LogP contribution in [0.15, 0.2) is 24.3 Å². The number of ether oxygens (including phenoxy) is 4. The molecule has 0 aromatic heterocycles. The van der Waals surface area contributed by atoms with Crippen molar-refractivity contribution in [1.29, 1.82) is 0 Å². The Balaban J connectivity index is 1.46. The molecule has 41 heavy (non-hydrogen) atoms. The van der Waals surface area contributed by atoms with Crippen molar-refractivity contribution in [3.63, 3.8) is 0 Å². The second kappa shape index (κ2) is 11.0. The van der Waals surface area contributed by atoms with Crippen LogP contribution in [-0.2, 0) is 15.9 Å². The van der Waals surface area contributed by atoms with Crippen LogP contribution in [0.2, 0.25) is 0 Å². The molecule has 14 heteroatoms. The van der Waals surface area contributed by atoms with Crippen molar-refractivity contribution < 1.29 is 69.7 Å². The van der Waals surface area contributed by atoms with Crippen molar-refractivity contribution in [1.82, 2.24) is 0 Å². The highest BCUT2D eigenvalue weighted by atomic mass is 16.7. The number of rotatable bonds is 6. The first-order valence-corrected chi connectivity index (χ1v) is 13.0. The highest BCUT2D eigenvalue weighted by molar-refractivity contribution is 5.91. The predicted molar refractivity (Wildman–Crippen MR) is 135 cm³/mol. The van der Waals surface area contributed by atoms with Crippen LogP contribution in [0.25, 0.3) is 0 Å². The molecule has 1 aliphatic carbocycles. The van der Waals surface area contributed by atoms with Crippen molar-refractivity contribution in [2.24, 2.45) is 5.92 Å². The SMILES string of the molecule is O=C(O[C@@H]1Cc2c(OC3OCC(O)(CO)C3O)cc(O)cc2O[C@@H]1C1CCC(O)C(O)C1)c1cc(O)c(O)c(O)c1. The zero-order chi connectivity index (χ0) is 29.6. The number of hydrogen-bond donors (Lipinski definition) is 9. The molecule has 1 saturated carbocycles. The number of benzene rings is 2. The molecule has 1 saturated heterocycles. The summed E-state index contributed by atoms with van der Waals surface area (Å²) >= 11 is 0. The lowest BCUT2D eigenvalue weighted by molar-refractivity contribution is -0.116. The highest BCUT2D eigenvalue weighted by Gasteiger charge is 2.50. The van der Waals surface area contributed by atoms with E-state index in [9.17, 15) is 50.8 Å². The molecule has 2 aromatic carbocycles. The van der Waals surface area contributed by atoms with Gasteiger partial charge in [-0.3, -0.25) is 0 Å². The third-order valence-electron chi connectivity index (χ3n) is 7.86. The quantitative estimate of drug-likeness (QED) is 0.153. The molecular formula is C27H32O14. The summed E-state index contributed by atoms with van der Waals surface area (Å²) in [4.78, 5) is 13.1. The van der Waals surface area contributed by atoms with Crippen LogP contribution < -0.4 is 9.47 Å². The molecule has 3 aliphatic rings. The lowest BCUT2D eigenvalue weighted by Gasteiger charge is -2.41. The van der Waals surface area contributed by atoms with E-state index in [1.165, 1.54) is 12.1 Å². The summed E-state index contributed by atoms with van der Waals surface area (Å²) in [5.41, 5.74) is -1.93. The van der Waals surface area contributed by atoms with E-state index in [2.05, 4.69) is 0 Å². The molecule has 6 unspecified atom stereocenters. The number of phenolic OH excluding ortho intramolecular Hbond substituents is 4. The molecule has 5 rings (SSSR count). The Morgan fingerprint density at radius 3 is 2.34 bits per heavy atom. The number of aliphatic hydroxyl groups is 5. The number of phenols is 4. The lowest BCUT2D eigenvalue weighted by Crippen LogP contribution is -2.49. The predicted octanol–water partition coefficient (Wildman–Crippen LogP) is -0.621. The van der Waals surface area contributed by atoms with E-state index in [1.54, 1.807) is 0 Å². The number of hydrogen-bond acceptors (Lipinski definition) is 14. The van der Waals surface area contributed by atoms with Crippen LogP contribution >= 0.6 is 0 Å². The van der Waals surface area contributed by atoms with E-state index in [0.29, 0.717) is 12.0 Å². The molecule has 2 aromatic rings. The molecule has 0 radical (unpaired) electrons. The molecular weight excluding hydrogens is 548 g/mol. The smallest absolute Gasteiger partial charge is 0.338 e. The normalized spacial score (nSPS) is 33.0. The molecule has 224 valence electrons.